The summed E-state index contributed by atoms with van der Waals surface area (Å²) in [5.41, 5.74) is 0.337. The lowest BCUT2D eigenvalue weighted by atomic mass is 10.0. The van der Waals surface area contributed by atoms with E-state index >= 15 is 8.78 Å². The predicted molar refractivity (Wildman–Crippen MR) is 141 cm³/mol. The lowest BCUT2D eigenvalue weighted by Gasteiger charge is -2.24. The highest BCUT2D eigenvalue weighted by atomic mass is 19.4. The minimum absolute atomic E-state index is 0.0264. The van der Waals surface area contributed by atoms with Gasteiger partial charge in [0.25, 0.3) is 0 Å². The fourth-order valence-electron chi connectivity index (χ4n) is 3.77. The Hall–Kier alpha value is -4.59. The summed E-state index contributed by atoms with van der Waals surface area (Å²) < 4.78 is 91.0. The Morgan fingerprint density at radius 1 is 0.718 bits per heavy atom. The number of hydrogen-bond acceptors (Lipinski definition) is 3. The number of benzene rings is 3. The molecular weight excluding hydrogens is 515 g/mol. The molecule has 3 nitrogen and oxygen atoms in total. The smallest absolute Gasteiger partial charge is 0.423 e. The van der Waals surface area contributed by atoms with E-state index in [2.05, 4.69) is 19.7 Å². The maximum atomic E-state index is 15.7. The van der Waals surface area contributed by atoms with Gasteiger partial charge in [-0.2, -0.15) is 22.0 Å². The van der Waals surface area contributed by atoms with Gasteiger partial charge in [0.2, 0.25) is 17.4 Å². The van der Waals surface area contributed by atoms with Crippen LogP contribution >= 0.6 is 0 Å². The normalized spacial score (nSPS) is 14.8. The van der Waals surface area contributed by atoms with Gasteiger partial charge in [-0.15, -0.1) is 0 Å². The third-order valence-electron chi connectivity index (χ3n) is 5.80. The Labute approximate surface area is 222 Å². The molecule has 1 aliphatic rings. The molecule has 200 valence electrons. The Balaban J connectivity index is 1.87. The van der Waals surface area contributed by atoms with E-state index in [1.807, 2.05) is 0 Å². The molecule has 39 heavy (non-hydrogen) atoms. The van der Waals surface area contributed by atoms with Gasteiger partial charge in [0.15, 0.2) is 11.5 Å². The first kappa shape index (κ1) is 27.4. The molecule has 3 aromatic rings. The van der Waals surface area contributed by atoms with Crippen LogP contribution < -0.4 is 14.2 Å². The van der Waals surface area contributed by atoms with Gasteiger partial charge in [0.1, 0.15) is 23.2 Å². The van der Waals surface area contributed by atoms with E-state index in [9.17, 15) is 13.2 Å². The second kappa shape index (κ2) is 11.4. The molecule has 0 heterocycles. The van der Waals surface area contributed by atoms with Crippen LogP contribution in [0, 0.1) is 11.6 Å². The summed E-state index contributed by atoms with van der Waals surface area (Å²) in [4.78, 5) is 0. The van der Waals surface area contributed by atoms with E-state index in [0.29, 0.717) is 11.1 Å². The van der Waals surface area contributed by atoms with E-state index < -0.39 is 46.7 Å². The highest BCUT2D eigenvalue weighted by Gasteiger charge is 2.45. The van der Waals surface area contributed by atoms with Crippen LogP contribution in [0.4, 0.5) is 22.0 Å². The van der Waals surface area contributed by atoms with Gasteiger partial charge in [0, 0.05) is 6.42 Å². The molecule has 0 saturated carbocycles. The van der Waals surface area contributed by atoms with Crippen molar-refractivity contribution in [3.63, 3.8) is 0 Å². The molecule has 0 aromatic heterocycles. The molecule has 0 bridgehead atoms. The minimum atomic E-state index is -5.25. The van der Waals surface area contributed by atoms with Crippen LogP contribution in [0.15, 0.2) is 98.1 Å². The summed E-state index contributed by atoms with van der Waals surface area (Å²) in [6.07, 6.45) is 3.22. The van der Waals surface area contributed by atoms with Crippen molar-refractivity contribution in [2.45, 2.75) is 18.7 Å². The fraction of sp³-hybridized carbons (Fsp3) is 0.0968. The highest BCUT2D eigenvalue weighted by molar-refractivity contribution is 5.58. The zero-order valence-corrected chi connectivity index (χ0v) is 20.6. The number of allylic oxidation sites excluding steroid dienone is 3. The molecule has 1 unspecified atom stereocenters. The lowest BCUT2D eigenvalue weighted by molar-refractivity contribution is -0.140. The zero-order chi connectivity index (χ0) is 28.2. The molecule has 0 amide bonds. The van der Waals surface area contributed by atoms with E-state index in [0.717, 1.165) is 5.57 Å². The first-order valence-corrected chi connectivity index (χ1v) is 11.7. The predicted octanol–water partition coefficient (Wildman–Crippen LogP) is 9.67. The summed E-state index contributed by atoms with van der Waals surface area (Å²) in [5, 5.41) is 0. The highest BCUT2D eigenvalue weighted by Crippen LogP contribution is 2.51. The molecule has 8 heteroatoms. The Kier molecular flexibility index (Phi) is 8.04. The SMILES string of the molecule is C=CC1=CCC(Oc2c(F)c(Oc3ccc(C=C)cc3)c(F)c(Oc3ccc(C=C)cc3)c2C(F)(F)F)C=C1. The summed E-state index contributed by atoms with van der Waals surface area (Å²) in [5.74, 6) is -7.13. The van der Waals surface area contributed by atoms with E-state index in [-0.39, 0.29) is 17.9 Å². The number of ether oxygens (including phenoxy) is 3. The lowest BCUT2D eigenvalue weighted by Crippen LogP contribution is -2.20. The quantitative estimate of drug-likeness (QED) is 0.254. The molecule has 1 atom stereocenters. The summed E-state index contributed by atoms with van der Waals surface area (Å²) in [6.45, 7) is 10.9. The number of rotatable bonds is 9. The Morgan fingerprint density at radius 3 is 1.67 bits per heavy atom. The topological polar surface area (TPSA) is 27.7 Å². The molecule has 0 radical (unpaired) electrons. The van der Waals surface area contributed by atoms with Gasteiger partial charge in [-0.1, -0.05) is 74.4 Å². The van der Waals surface area contributed by atoms with Crippen LogP contribution in [0.3, 0.4) is 0 Å². The molecule has 0 saturated heterocycles. The molecular formula is C31H23F5O3. The zero-order valence-electron chi connectivity index (χ0n) is 20.6. The van der Waals surface area contributed by atoms with Crippen LogP contribution in [0.5, 0.6) is 28.7 Å². The molecule has 4 rings (SSSR count). The van der Waals surface area contributed by atoms with Crippen molar-refractivity contribution in [2.24, 2.45) is 0 Å². The number of halogens is 5. The van der Waals surface area contributed by atoms with Crippen LogP contribution in [0.2, 0.25) is 0 Å². The van der Waals surface area contributed by atoms with E-state index in [4.69, 9.17) is 14.2 Å². The number of alkyl halides is 3. The second-order valence-corrected chi connectivity index (χ2v) is 8.40. The van der Waals surface area contributed by atoms with Crippen LogP contribution in [-0.4, -0.2) is 6.10 Å². The molecule has 3 aromatic carbocycles. The molecule has 0 aliphatic heterocycles. The molecule has 0 spiro atoms. The third kappa shape index (κ3) is 6.12. The summed E-state index contributed by atoms with van der Waals surface area (Å²) in [6, 6.07) is 11.6. The summed E-state index contributed by atoms with van der Waals surface area (Å²) in [7, 11) is 0. The number of hydrogen-bond donors (Lipinski definition) is 0. The maximum absolute atomic E-state index is 15.7. The van der Waals surface area contributed by atoms with Gasteiger partial charge in [0.05, 0.1) is 0 Å². The minimum Gasteiger partial charge on any atom is -0.482 e. The van der Waals surface area contributed by atoms with Gasteiger partial charge in [-0.3, -0.25) is 0 Å². The summed E-state index contributed by atoms with van der Waals surface area (Å²) >= 11 is 0. The maximum Gasteiger partial charge on any atom is 0.423 e. The molecule has 0 N–H and O–H groups in total. The van der Waals surface area contributed by atoms with Gasteiger partial charge in [-0.25, -0.2) is 0 Å². The first-order chi connectivity index (χ1) is 18.6. The first-order valence-electron chi connectivity index (χ1n) is 11.7. The van der Waals surface area contributed by atoms with Crippen molar-refractivity contribution in [3.8, 4) is 28.7 Å². The Bertz CT molecular complexity index is 1450. The van der Waals surface area contributed by atoms with Crippen molar-refractivity contribution in [1.82, 2.24) is 0 Å². The van der Waals surface area contributed by atoms with Gasteiger partial charge in [-0.05, 0) is 47.0 Å². The standard InChI is InChI=1S/C31H23F5O3/c1-4-19-7-13-22(14-8-19)37-28-25(31(34,35)36)29(38-23-15-9-20(5-2)10-16-23)27(33)30(26(28)32)39-24-17-11-21(6-3)12-18-24/h4-15,17-18,23H,1-3,16H2. The molecule has 1 aliphatic carbocycles. The second-order valence-electron chi connectivity index (χ2n) is 8.40. The average molecular weight is 539 g/mol. The van der Waals surface area contributed by atoms with Crippen LogP contribution in [-0.2, 0) is 6.18 Å². The fourth-order valence-corrected chi connectivity index (χ4v) is 3.77. The van der Waals surface area contributed by atoms with Crippen molar-refractivity contribution < 1.29 is 36.2 Å². The van der Waals surface area contributed by atoms with Crippen molar-refractivity contribution in [2.75, 3.05) is 0 Å². The van der Waals surface area contributed by atoms with Crippen molar-refractivity contribution in [3.05, 3.63) is 126 Å². The van der Waals surface area contributed by atoms with Crippen molar-refractivity contribution >= 4 is 12.2 Å². The van der Waals surface area contributed by atoms with Crippen molar-refractivity contribution in [1.29, 1.82) is 0 Å². The largest absolute Gasteiger partial charge is 0.482 e. The van der Waals surface area contributed by atoms with Gasteiger partial charge < -0.3 is 14.2 Å². The third-order valence-corrected chi connectivity index (χ3v) is 5.80. The molecule has 0 fully saturated rings. The Morgan fingerprint density at radius 2 is 1.23 bits per heavy atom. The average Bonchev–Trinajstić information content (AvgIpc) is 2.94. The van der Waals surface area contributed by atoms with Crippen LogP contribution in [0.1, 0.15) is 23.1 Å². The van der Waals surface area contributed by atoms with Gasteiger partial charge >= 0.3 is 6.18 Å². The monoisotopic (exact) mass is 538 g/mol. The van der Waals surface area contributed by atoms with Crippen LogP contribution in [0.25, 0.3) is 12.2 Å². The van der Waals surface area contributed by atoms with E-state index in [1.165, 1.54) is 48.6 Å². The van der Waals surface area contributed by atoms with E-state index in [1.54, 1.807) is 36.4 Å².